The van der Waals surface area contributed by atoms with Crippen LogP contribution in [0.15, 0.2) is 41.3 Å². The van der Waals surface area contributed by atoms with Gasteiger partial charge in [0.05, 0.1) is 10.7 Å². The molecule has 26 heavy (non-hydrogen) atoms. The number of rotatable bonds is 3. The van der Waals surface area contributed by atoms with Gasteiger partial charge in [0.15, 0.2) is 0 Å². The molecule has 1 aliphatic carbocycles. The standard InChI is InChI=1S/C20H20ClFN2OS/c21-20-15(22)10-11-16-19(20)14-8-4-5-9-17(14)26-24(16)12-18(25)23-13-6-2-1-3-7-13/h4-5,8-11,13H,1-3,6-7,12H2,(H,23,25). The quantitative estimate of drug-likeness (QED) is 0.710. The molecule has 1 saturated carbocycles. The fourth-order valence-electron chi connectivity index (χ4n) is 3.69. The third kappa shape index (κ3) is 3.42. The van der Waals surface area contributed by atoms with Crippen LogP contribution in [0.2, 0.25) is 5.02 Å². The van der Waals surface area contributed by atoms with E-state index in [4.69, 9.17) is 11.6 Å². The molecule has 2 aromatic rings. The van der Waals surface area contributed by atoms with E-state index in [-0.39, 0.29) is 23.5 Å². The maximum Gasteiger partial charge on any atom is 0.240 e. The van der Waals surface area contributed by atoms with Crippen molar-refractivity contribution < 1.29 is 9.18 Å². The lowest BCUT2D eigenvalue weighted by Gasteiger charge is -2.32. The molecule has 1 heterocycles. The number of fused-ring (bicyclic) bond motifs is 3. The normalized spacial score (nSPS) is 16.8. The molecular formula is C20H20ClFN2OS. The second-order valence-electron chi connectivity index (χ2n) is 6.78. The lowest BCUT2D eigenvalue weighted by atomic mass is 9.95. The molecule has 1 N–H and O–H groups in total. The van der Waals surface area contributed by atoms with Crippen molar-refractivity contribution in [2.45, 2.75) is 43.0 Å². The van der Waals surface area contributed by atoms with Gasteiger partial charge in [-0.25, -0.2) is 4.39 Å². The summed E-state index contributed by atoms with van der Waals surface area (Å²) in [6, 6.07) is 11.1. The van der Waals surface area contributed by atoms with E-state index in [2.05, 4.69) is 5.32 Å². The molecule has 0 aromatic heterocycles. The Morgan fingerprint density at radius 2 is 1.96 bits per heavy atom. The van der Waals surface area contributed by atoms with Crippen LogP contribution in [0.3, 0.4) is 0 Å². The number of anilines is 1. The molecule has 6 heteroatoms. The number of carbonyl (C=O) groups excluding carboxylic acids is 1. The van der Waals surface area contributed by atoms with E-state index < -0.39 is 5.82 Å². The van der Waals surface area contributed by atoms with Crippen molar-refractivity contribution in [1.29, 1.82) is 0 Å². The van der Waals surface area contributed by atoms with E-state index in [1.54, 1.807) is 6.07 Å². The third-order valence-electron chi connectivity index (χ3n) is 4.96. The van der Waals surface area contributed by atoms with E-state index in [9.17, 15) is 9.18 Å². The van der Waals surface area contributed by atoms with E-state index in [0.717, 1.165) is 29.0 Å². The Labute approximate surface area is 162 Å². The highest BCUT2D eigenvalue weighted by Gasteiger charge is 2.28. The number of amides is 1. The lowest BCUT2D eigenvalue weighted by molar-refractivity contribution is -0.120. The van der Waals surface area contributed by atoms with E-state index in [0.29, 0.717) is 5.56 Å². The van der Waals surface area contributed by atoms with Crippen molar-refractivity contribution in [3.63, 3.8) is 0 Å². The summed E-state index contributed by atoms with van der Waals surface area (Å²) < 4.78 is 16.0. The van der Waals surface area contributed by atoms with Gasteiger partial charge in [-0.3, -0.25) is 4.79 Å². The number of halogens is 2. The molecule has 1 fully saturated rings. The Balaban J connectivity index is 1.60. The smallest absolute Gasteiger partial charge is 0.240 e. The van der Waals surface area contributed by atoms with Crippen molar-refractivity contribution in [1.82, 2.24) is 5.32 Å². The van der Waals surface area contributed by atoms with Gasteiger partial charge in [-0.2, -0.15) is 0 Å². The van der Waals surface area contributed by atoms with Crippen molar-refractivity contribution in [2.75, 3.05) is 10.8 Å². The van der Waals surface area contributed by atoms with Crippen LogP contribution in [0.1, 0.15) is 32.1 Å². The first kappa shape index (κ1) is 17.7. The Morgan fingerprint density at radius 3 is 2.77 bits per heavy atom. The summed E-state index contributed by atoms with van der Waals surface area (Å²) in [5.74, 6) is -0.450. The second kappa shape index (κ2) is 7.49. The molecule has 0 unspecified atom stereocenters. The van der Waals surface area contributed by atoms with Gasteiger partial charge in [0.25, 0.3) is 0 Å². The van der Waals surface area contributed by atoms with Crippen LogP contribution in [0, 0.1) is 5.82 Å². The average Bonchev–Trinajstić information content (AvgIpc) is 2.65. The molecular weight excluding hydrogens is 371 g/mol. The van der Waals surface area contributed by atoms with Crippen molar-refractivity contribution in [3.05, 3.63) is 47.2 Å². The summed E-state index contributed by atoms with van der Waals surface area (Å²) in [6.45, 7) is 0.213. The van der Waals surface area contributed by atoms with Gasteiger partial charge in [0.2, 0.25) is 5.91 Å². The lowest BCUT2D eigenvalue weighted by Crippen LogP contribution is -2.41. The van der Waals surface area contributed by atoms with Gasteiger partial charge in [0.1, 0.15) is 12.4 Å². The maximum absolute atomic E-state index is 14.1. The van der Waals surface area contributed by atoms with E-state index in [1.807, 2.05) is 28.6 Å². The maximum atomic E-state index is 14.1. The zero-order valence-electron chi connectivity index (χ0n) is 14.3. The fourth-order valence-corrected chi connectivity index (χ4v) is 5.03. The average molecular weight is 391 g/mol. The molecule has 136 valence electrons. The molecule has 4 rings (SSSR count). The minimum absolute atomic E-state index is 0.00446. The van der Waals surface area contributed by atoms with Crippen molar-refractivity contribution >= 4 is 35.1 Å². The largest absolute Gasteiger partial charge is 0.352 e. The van der Waals surface area contributed by atoms with Crippen molar-refractivity contribution in [3.8, 4) is 11.1 Å². The SMILES string of the molecule is O=C(CN1Sc2ccccc2-c2c1ccc(F)c2Cl)NC1CCCCC1. The summed E-state index contributed by atoms with van der Waals surface area (Å²) in [6.07, 6.45) is 5.70. The first-order valence-electron chi connectivity index (χ1n) is 8.96. The minimum Gasteiger partial charge on any atom is -0.352 e. The molecule has 1 amide bonds. The van der Waals surface area contributed by atoms with Crippen LogP contribution in [0.4, 0.5) is 10.1 Å². The predicted octanol–water partition coefficient (Wildman–Crippen LogP) is 5.42. The van der Waals surface area contributed by atoms with Gasteiger partial charge in [-0.05, 0) is 43.0 Å². The number of hydrogen-bond acceptors (Lipinski definition) is 3. The van der Waals surface area contributed by atoms with Crippen LogP contribution >= 0.6 is 23.5 Å². The van der Waals surface area contributed by atoms with Gasteiger partial charge in [-0.1, -0.05) is 49.1 Å². The summed E-state index contributed by atoms with van der Waals surface area (Å²) >= 11 is 7.78. The topological polar surface area (TPSA) is 32.3 Å². The Hall–Kier alpha value is -1.72. The Bertz CT molecular complexity index is 839. The third-order valence-corrected chi connectivity index (χ3v) is 6.43. The molecule has 0 radical (unpaired) electrons. The first-order valence-corrected chi connectivity index (χ1v) is 10.1. The molecule has 3 nitrogen and oxygen atoms in total. The summed E-state index contributed by atoms with van der Waals surface area (Å²) in [7, 11) is 0. The predicted molar refractivity (Wildman–Crippen MR) is 105 cm³/mol. The summed E-state index contributed by atoms with van der Waals surface area (Å²) in [4.78, 5) is 13.6. The van der Waals surface area contributed by atoms with Gasteiger partial charge in [0, 0.05) is 22.1 Å². The number of hydrogen-bond donors (Lipinski definition) is 1. The highest BCUT2D eigenvalue weighted by Crippen LogP contribution is 2.49. The Kier molecular flexibility index (Phi) is 5.09. The van der Waals surface area contributed by atoms with Crippen molar-refractivity contribution in [2.24, 2.45) is 0 Å². The van der Waals surface area contributed by atoms with Crippen LogP contribution in [0.5, 0.6) is 0 Å². The van der Waals surface area contributed by atoms with Gasteiger partial charge in [-0.15, -0.1) is 0 Å². The molecule has 0 atom stereocenters. The number of nitrogens with zero attached hydrogens (tertiary/aromatic N) is 1. The van der Waals surface area contributed by atoms with Gasteiger partial charge >= 0.3 is 0 Å². The van der Waals surface area contributed by atoms with Crippen LogP contribution in [0.25, 0.3) is 11.1 Å². The van der Waals surface area contributed by atoms with E-state index in [1.165, 1.54) is 37.3 Å². The zero-order chi connectivity index (χ0) is 18.1. The van der Waals surface area contributed by atoms with Crippen LogP contribution < -0.4 is 9.62 Å². The summed E-state index contributed by atoms with van der Waals surface area (Å²) in [5, 5.41) is 3.25. The minimum atomic E-state index is -0.446. The fraction of sp³-hybridized carbons (Fsp3) is 0.350. The van der Waals surface area contributed by atoms with E-state index >= 15 is 0 Å². The first-order chi connectivity index (χ1) is 12.6. The number of benzene rings is 2. The highest BCUT2D eigenvalue weighted by atomic mass is 35.5. The zero-order valence-corrected chi connectivity index (χ0v) is 15.9. The van der Waals surface area contributed by atoms with Crippen LogP contribution in [-0.4, -0.2) is 18.5 Å². The molecule has 0 bridgehead atoms. The van der Waals surface area contributed by atoms with Crippen LogP contribution in [-0.2, 0) is 4.79 Å². The molecule has 0 spiro atoms. The molecule has 0 saturated heterocycles. The second-order valence-corrected chi connectivity index (χ2v) is 8.22. The van der Waals surface area contributed by atoms with Gasteiger partial charge < -0.3 is 9.62 Å². The Morgan fingerprint density at radius 1 is 1.19 bits per heavy atom. The molecule has 1 aliphatic heterocycles. The number of carbonyl (C=O) groups is 1. The molecule has 2 aromatic carbocycles. The summed E-state index contributed by atoms with van der Waals surface area (Å²) in [5.41, 5.74) is 2.34. The monoisotopic (exact) mass is 390 g/mol. The highest BCUT2D eigenvalue weighted by molar-refractivity contribution is 8.01. The molecule has 2 aliphatic rings. The number of nitrogens with one attached hydrogen (secondary N) is 1.